The van der Waals surface area contributed by atoms with Crippen molar-refractivity contribution in [1.82, 2.24) is 9.97 Å². The van der Waals surface area contributed by atoms with Crippen LogP contribution in [0.5, 0.6) is 0 Å². The van der Waals surface area contributed by atoms with Crippen molar-refractivity contribution in [1.29, 1.82) is 0 Å². The highest BCUT2D eigenvalue weighted by atomic mass is 16.5. The minimum Gasteiger partial charge on any atom is -0.467 e. The summed E-state index contributed by atoms with van der Waals surface area (Å²) >= 11 is 0. The number of hydrogen-bond acceptors (Lipinski definition) is 7. The number of para-hydroxylation sites is 1. The van der Waals surface area contributed by atoms with Crippen molar-refractivity contribution >= 4 is 33.9 Å². The van der Waals surface area contributed by atoms with E-state index in [1.165, 1.54) is 0 Å². The monoisotopic (exact) mass is 337 g/mol. The van der Waals surface area contributed by atoms with Gasteiger partial charge in [-0.2, -0.15) is 0 Å². The predicted molar refractivity (Wildman–Crippen MR) is 91.3 cm³/mol. The highest BCUT2D eigenvalue weighted by Gasteiger charge is 2.20. The number of carbonyl (C=O) groups is 1. The van der Waals surface area contributed by atoms with Gasteiger partial charge in [0.25, 0.3) is 0 Å². The molecule has 4 rings (SSSR count). The maximum atomic E-state index is 12.1. The summed E-state index contributed by atoms with van der Waals surface area (Å²) in [5, 5.41) is 3.95. The van der Waals surface area contributed by atoms with Gasteiger partial charge in [0.05, 0.1) is 19.4 Å². The molecule has 0 saturated heterocycles. The molecule has 0 atom stereocenters. The number of nitrogens with one attached hydrogen (secondary N) is 1. The Hall–Kier alpha value is -3.35. The van der Waals surface area contributed by atoms with Crippen LogP contribution < -0.4 is 5.32 Å². The summed E-state index contributed by atoms with van der Waals surface area (Å²) < 4.78 is 16.2. The van der Waals surface area contributed by atoms with E-state index in [1.54, 1.807) is 19.3 Å². The highest BCUT2D eigenvalue weighted by molar-refractivity contribution is 6.06. The van der Waals surface area contributed by atoms with E-state index in [0.717, 1.165) is 11.1 Å². The third kappa shape index (κ3) is 2.80. The fraction of sp³-hybridized carbons (Fsp3) is 0.167. The maximum Gasteiger partial charge on any atom is 0.376 e. The Kier molecular flexibility index (Phi) is 3.81. The number of rotatable bonds is 5. The molecule has 1 N–H and O–H groups in total. The van der Waals surface area contributed by atoms with Gasteiger partial charge >= 0.3 is 5.97 Å². The Balaban J connectivity index is 1.84. The smallest absolute Gasteiger partial charge is 0.376 e. The van der Waals surface area contributed by atoms with Crippen LogP contribution in [0, 0.1) is 0 Å². The van der Waals surface area contributed by atoms with Gasteiger partial charge in [0.15, 0.2) is 11.4 Å². The lowest BCUT2D eigenvalue weighted by atomic mass is 10.2. The van der Waals surface area contributed by atoms with Crippen LogP contribution in [0.2, 0.25) is 0 Å². The zero-order valence-electron chi connectivity index (χ0n) is 13.5. The Morgan fingerprint density at radius 1 is 1.20 bits per heavy atom. The summed E-state index contributed by atoms with van der Waals surface area (Å²) in [5.74, 6) is 0.569. The average Bonchev–Trinajstić information content (AvgIpc) is 3.27. The number of hydrogen-bond donors (Lipinski definition) is 1. The second kappa shape index (κ2) is 6.27. The lowest BCUT2D eigenvalue weighted by Gasteiger charge is -2.06. The molecule has 7 heteroatoms. The van der Waals surface area contributed by atoms with Gasteiger partial charge in [-0.1, -0.05) is 12.1 Å². The fourth-order valence-corrected chi connectivity index (χ4v) is 2.58. The molecule has 7 nitrogen and oxygen atoms in total. The molecule has 0 saturated carbocycles. The van der Waals surface area contributed by atoms with Crippen LogP contribution in [0.3, 0.4) is 0 Å². The van der Waals surface area contributed by atoms with Crippen molar-refractivity contribution in [3.05, 3.63) is 54.2 Å². The molecular formula is C18H15N3O4. The third-order valence-corrected chi connectivity index (χ3v) is 3.69. The molecule has 0 bridgehead atoms. The van der Waals surface area contributed by atoms with Gasteiger partial charge in [0.1, 0.15) is 16.9 Å². The zero-order chi connectivity index (χ0) is 17.2. The van der Waals surface area contributed by atoms with E-state index in [1.807, 2.05) is 30.3 Å². The van der Waals surface area contributed by atoms with E-state index in [0.29, 0.717) is 29.0 Å². The normalized spacial score (nSPS) is 11.1. The van der Waals surface area contributed by atoms with Crippen molar-refractivity contribution in [3.63, 3.8) is 0 Å². The Labute approximate surface area is 142 Å². The van der Waals surface area contributed by atoms with Crippen molar-refractivity contribution in [2.45, 2.75) is 13.5 Å². The van der Waals surface area contributed by atoms with Crippen LogP contribution in [0.1, 0.15) is 23.3 Å². The second-order valence-corrected chi connectivity index (χ2v) is 5.33. The van der Waals surface area contributed by atoms with E-state index >= 15 is 0 Å². The third-order valence-electron chi connectivity index (χ3n) is 3.69. The Bertz CT molecular complexity index is 1040. The van der Waals surface area contributed by atoms with Crippen molar-refractivity contribution in [3.8, 4) is 0 Å². The number of nitrogens with zero attached hydrogens (tertiary/aromatic N) is 2. The molecule has 1 aromatic carbocycles. The molecule has 25 heavy (non-hydrogen) atoms. The first kappa shape index (κ1) is 15.2. The van der Waals surface area contributed by atoms with Gasteiger partial charge in [-0.3, -0.25) is 0 Å². The largest absolute Gasteiger partial charge is 0.467 e. The molecule has 0 radical (unpaired) electrons. The number of fused-ring (bicyclic) bond motifs is 3. The van der Waals surface area contributed by atoms with Gasteiger partial charge in [0.2, 0.25) is 5.82 Å². The summed E-state index contributed by atoms with van der Waals surface area (Å²) in [6, 6.07) is 11.1. The molecule has 0 spiro atoms. The van der Waals surface area contributed by atoms with E-state index in [2.05, 4.69) is 15.3 Å². The van der Waals surface area contributed by atoms with E-state index in [4.69, 9.17) is 13.6 Å². The van der Waals surface area contributed by atoms with Crippen LogP contribution in [-0.2, 0) is 11.3 Å². The number of esters is 1. The Morgan fingerprint density at radius 2 is 2.08 bits per heavy atom. The lowest BCUT2D eigenvalue weighted by Crippen LogP contribution is -2.12. The molecule has 0 unspecified atom stereocenters. The molecule has 0 aliphatic rings. The van der Waals surface area contributed by atoms with Gasteiger partial charge in [-0.05, 0) is 31.2 Å². The molecule has 126 valence electrons. The first-order valence-corrected chi connectivity index (χ1v) is 7.89. The minimum atomic E-state index is -0.573. The van der Waals surface area contributed by atoms with Crippen molar-refractivity contribution in [2.24, 2.45) is 0 Å². The second-order valence-electron chi connectivity index (χ2n) is 5.33. The molecule has 3 heterocycles. The summed E-state index contributed by atoms with van der Waals surface area (Å²) in [7, 11) is 0. The highest BCUT2D eigenvalue weighted by Crippen LogP contribution is 2.31. The molecular weight excluding hydrogens is 322 g/mol. The average molecular weight is 337 g/mol. The number of aromatic nitrogens is 2. The van der Waals surface area contributed by atoms with Gasteiger partial charge in [-0.15, -0.1) is 0 Å². The van der Waals surface area contributed by atoms with Gasteiger partial charge in [-0.25, -0.2) is 14.8 Å². The van der Waals surface area contributed by atoms with Crippen LogP contribution in [0.4, 0.5) is 5.82 Å². The molecule has 0 aliphatic carbocycles. The molecule has 0 aliphatic heterocycles. The van der Waals surface area contributed by atoms with Crippen molar-refractivity contribution in [2.75, 3.05) is 11.9 Å². The number of anilines is 1. The van der Waals surface area contributed by atoms with Gasteiger partial charge in [0, 0.05) is 5.39 Å². The predicted octanol–water partition coefficient (Wildman–Crippen LogP) is 3.76. The summed E-state index contributed by atoms with van der Waals surface area (Å²) in [6.07, 6.45) is 1.60. The molecule has 0 fully saturated rings. The lowest BCUT2D eigenvalue weighted by molar-refractivity contribution is 0.0512. The van der Waals surface area contributed by atoms with Gasteiger partial charge < -0.3 is 18.9 Å². The van der Waals surface area contributed by atoms with Crippen LogP contribution >= 0.6 is 0 Å². The fourth-order valence-electron chi connectivity index (χ4n) is 2.58. The summed E-state index contributed by atoms with van der Waals surface area (Å²) in [4.78, 5) is 20.7. The van der Waals surface area contributed by atoms with Crippen molar-refractivity contribution < 1.29 is 18.4 Å². The number of ether oxygens (including phenoxy) is 1. The number of carbonyl (C=O) groups excluding carboxylic acids is 1. The Morgan fingerprint density at radius 3 is 2.88 bits per heavy atom. The van der Waals surface area contributed by atoms with E-state index < -0.39 is 5.97 Å². The van der Waals surface area contributed by atoms with E-state index in [-0.39, 0.29) is 12.4 Å². The summed E-state index contributed by atoms with van der Waals surface area (Å²) in [5.41, 5.74) is 1.73. The van der Waals surface area contributed by atoms with Crippen LogP contribution in [0.25, 0.3) is 22.1 Å². The number of benzene rings is 1. The SMILES string of the molecule is CCOC(=O)c1nc(NCc2ccco2)c2oc3ccccc3c2n1. The van der Waals surface area contributed by atoms with E-state index in [9.17, 15) is 4.79 Å². The minimum absolute atomic E-state index is 0.0113. The number of furan rings is 2. The van der Waals surface area contributed by atoms with Crippen LogP contribution in [-0.4, -0.2) is 22.5 Å². The quantitative estimate of drug-likeness (QED) is 0.554. The first-order valence-electron chi connectivity index (χ1n) is 7.89. The maximum absolute atomic E-state index is 12.1. The molecule has 0 amide bonds. The van der Waals surface area contributed by atoms with Crippen LogP contribution in [0.15, 0.2) is 51.5 Å². The summed E-state index contributed by atoms with van der Waals surface area (Å²) in [6.45, 7) is 2.39. The molecule has 3 aromatic heterocycles. The first-order chi connectivity index (χ1) is 12.3. The standard InChI is InChI=1S/C18H15N3O4/c1-2-23-18(22)17-20-14-12-7-3-4-8-13(12)25-15(14)16(21-17)19-10-11-6-5-9-24-11/h3-9H,2,10H2,1H3,(H,19,20,21). The topological polar surface area (TPSA) is 90.4 Å². The zero-order valence-corrected chi connectivity index (χ0v) is 13.5. The molecule has 4 aromatic rings.